The summed E-state index contributed by atoms with van der Waals surface area (Å²) >= 11 is 0. The molecule has 0 aromatic heterocycles. The van der Waals surface area contributed by atoms with Crippen LogP contribution in [-0.2, 0) is 14.3 Å². The lowest BCUT2D eigenvalue weighted by Gasteiger charge is -2.16. The zero-order valence-electron chi connectivity index (χ0n) is 13.2. The minimum absolute atomic E-state index is 0.0121. The molecule has 0 aliphatic carbocycles. The summed E-state index contributed by atoms with van der Waals surface area (Å²) in [5.41, 5.74) is 2.85. The number of hydrogen-bond acceptors (Lipinski definition) is 4. The fourth-order valence-electron chi connectivity index (χ4n) is 2.57. The molecule has 1 radical (unpaired) electrons. The number of benzene rings is 2. The molecule has 2 aromatic carbocycles. The lowest BCUT2D eigenvalue weighted by Crippen LogP contribution is -2.11. The summed E-state index contributed by atoms with van der Waals surface area (Å²) in [4.78, 5) is 22.7. The molecule has 2 atom stereocenters. The van der Waals surface area contributed by atoms with Crippen LogP contribution in [0.15, 0.2) is 48.5 Å². The predicted octanol–water partition coefficient (Wildman–Crippen LogP) is 2.55. The van der Waals surface area contributed by atoms with E-state index in [0.717, 1.165) is 16.7 Å². The Balaban J connectivity index is 2.30. The summed E-state index contributed by atoms with van der Waals surface area (Å²) in [6.45, 7) is 1.76. The minimum atomic E-state index is -0.688. The van der Waals surface area contributed by atoms with Gasteiger partial charge in [-0.05, 0) is 23.6 Å². The monoisotopic (exact) mass is 311 g/mol. The second-order valence-corrected chi connectivity index (χ2v) is 5.41. The van der Waals surface area contributed by atoms with E-state index in [-0.39, 0.29) is 12.4 Å². The molecule has 0 fully saturated rings. The molecule has 1 N–H and O–H groups in total. The number of methoxy groups -OCH3 is 1. The average Bonchev–Trinajstić information content (AvgIpc) is 2.56. The maximum absolute atomic E-state index is 12.1. The first-order valence-corrected chi connectivity index (χ1v) is 7.32. The number of aliphatic hydroxyl groups excluding tert-OH is 1. The van der Waals surface area contributed by atoms with Crippen LogP contribution in [0.2, 0.25) is 0 Å². The summed E-state index contributed by atoms with van der Waals surface area (Å²) in [6.07, 6.45) is 1.13. The highest BCUT2D eigenvalue weighted by Crippen LogP contribution is 2.27. The van der Waals surface area contributed by atoms with Gasteiger partial charge in [0, 0.05) is 12.7 Å². The van der Waals surface area contributed by atoms with Crippen LogP contribution in [0.4, 0.5) is 0 Å². The van der Waals surface area contributed by atoms with Crippen molar-refractivity contribution in [2.24, 2.45) is 0 Å². The van der Waals surface area contributed by atoms with Gasteiger partial charge in [0.15, 0.2) is 0 Å². The normalized spacial score (nSPS) is 13.3. The third-order valence-electron chi connectivity index (χ3n) is 3.75. The Morgan fingerprint density at radius 1 is 1.04 bits per heavy atom. The lowest BCUT2D eigenvalue weighted by molar-refractivity contribution is -0.117. The van der Waals surface area contributed by atoms with Gasteiger partial charge in [-0.15, -0.1) is 0 Å². The number of carbonyl (C=O) groups is 1. The topological polar surface area (TPSA) is 63.6 Å². The van der Waals surface area contributed by atoms with Gasteiger partial charge >= 0.3 is 0 Å². The number of Topliss-reactive ketones (excluding diaryl/α,β-unsaturated/α-hetero) is 1. The van der Waals surface area contributed by atoms with Gasteiger partial charge in [0.05, 0.1) is 12.5 Å². The molecular weight excluding hydrogens is 292 g/mol. The number of ether oxygens (including phenoxy) is 1. The van der Waals surface area contributed by atoms with Gasteiger partial charge in [-0.3, -0.25) is 9.59 Å². The summed E-state index contributed by atoms with van der Waals surface area (Å²) < 4.78 is 4.93. The van der Waals surface area contributed by atoms with Gasteiger partial charge in [-0.2, -0.15) is 0 Å². The lowest BCUT2D eigenvalue weighted by atomic mass is 9.87. The molecule has 4 nitrogen and oxygen atoms in total. The molecular formula is C19H19O4. The Bertz CT molecular complexity index is 659. The van der Waals surface area contributed by atoms with Crippen molar-refractivity contribution in [1.82, 2.24) is 0 Å². The molecule has 0 amide bonds. The molecule has 2 unspecified atom stereocenters. The number of ketones is 1. The summed E-state index contributed by atoms with van der Waals surface area (Å²) in [7, 11) is 1.53. The van der Waals surface area contributed by atoms with Gasteiger partial charge in [-0.25, -0.2) is 0 Å². The van der Waals surface area contributed by atoms with Crippen molar-refractivity contribution in [3.63, 3.8) is 0 Å². The average molecular weight is 311 g/mol. The van der Waals surface area contributed by atoms with E-state index >= 15 is 0 Å². The number of carbonyl (C=O) groups excluding carboxylic acids is 2. The van der Waals surface area contributed by atoms with Crippen LogP contribution < -0.4 is 0 Å². The van der Waals surface area contributed by atoms with Crippen LogP contribution in [0.3, 0.4) is 0 Å². The standard InChI is InChI=1S/C19H19O4/c1-13(21)19(16-5-3-14(11-20)4-6-16)17-9-7-15(8-10-17)18(22)12-23-2/h3-10,18-19,22H,12H2,1-2H3. The van der Waals surface area contributed by atoms with E-state index in [1.165, 1.54) is 14.0 Å². The van der Waals surface area contributed by atoms with E-state index in [4.69, 9.17) is 4.74 Å². The molecule has 0 spiro atoms. The summed E-state index contributed by atoms with van der Waals surface area (Å²) in [6, 6.07) is 14.1. The van der Waals surface area contributed by atoms with Gasteiger partial charge in [0.2, 0.25) is 6.29 Å². The van der Waals surface area contributed by atoms with E-state index in [0.29, 0.717) is 5.56 Å². The van der Waals surface area contributed by atoms with Crippen LogP contribution >= 0.6 is 0 Å². The highest BCUT2D eigenvalue weighted by molar-refractivity contribution is 5.87. The zero-order chi connectivity index (χ0) is 16.8. The van der Waals surface area contributed by atoms with Crippen molar-refractivity contribution in [3.05, 3.63) is 70.8 Å². The molecule has 23 heavy (non-hydrogen) atoms. The first-order valence-electron chi connectivity index (χ1n) is 7.32. The van der Waals surface area contributed by atoms with Crippen molar-refractivity contribution in [3.8, 4) is 0 Å². The van der Waals surface area contributed by atoms with E-state index in [2.05, 4.69) is 0 Å². The van der Waals surface area contributed by atoms with Crippen LogP contribution in [0.25, 0.3) is 0 Å². The third kappa shape index (κ3) is 4.12. The van der Waals surface area contributed by atoms with Crippen LogP contribution in [0, 0.1) is 0 Å². The van der Waals surface area contributed by atoms with Gasteiger partial charge in [0.25, 0.3) is 0 Å². The molecule has 0 bridgehead atoms. The first-order chi connectivity index (χ1) is 11.1. The summed E-state index contributed by atoms with van der Waals surface area (Å²) in [5, 5.41) is 9.91. The second kappa shape index (κ2) is 7.81. The van der Waals surface area contributed by atoms with E-state index in [1.807, 2.05) is 18.4 Å². The van der Waals surface area contributed by atoms with Crippen molar-refractivity contribution in [2.45, 2.75) is 18.9 Å². The smallest absolute Gasteiger partial charge is 0.233 e. The number of hydrogen-bond donors (Lipinski definition) is 1. The van der Waals surface area contributed by atoms with Gasteiger partial charge < -0.3 is 9.84 Å². The summed E-state index contributed by atoms with van der Waals surface area (Å²) in [5.74, 6) is -0.387. The molecule has 0 heterocycles. The third-order valence-corrected chi connectivity index (χ3v) is 3.75. The second-order valence-electron chi connectivity index (χ2n) is 5.41. The Morgan fingerprint density at radius 2 is 1.52 bits per heavy atom. The maximum Gasteiger partial charge on any atom is 0.233 e. The van der Waals surface area contributed by atoms with Crippen molar-refractivity contribution in [2.75, 3.05) is 13.7 Å². The molecule has 0 aliphatic heterocycles. The quantitative estimate of drug-likeness (QED) is 0.853. The molecule has 119 valence electrons. The predicted molar refractivity (Wildman–Crippen MR) is 87.0 cm³/mol. The van der Waals surface area contributed by atoms with Crippen molar-refractivity contribution < 1.29 is 19.4 Å². The zero-order valence-corrected chi connectivity index (χ0v) is 13.2. The Morgan fingerprint density at radius 3 is 1.96 bits per heavy atom. The molecule has 2 aromatic rings. The molecule has 2 rings (SSSR count). The Kier molecular flexibility index (Phi) is 5.79. The van der Waals surface area contributed by atoms with Crippen LogP contribution in [-0.4, -0.2) is 30.9 Å². The Hall–Kier alpha value is -2.30. The Labute approximate surface area is 135 Å². The SMILES string of the molecule is COCC(O)c1ccc(C(C(C)=O)c2ccc([C]=O)cc2)cc1. The maximum atomic E-state index is 12.1. The van der Waals surface area contributed by atoms with Gasteiger partial charge in [0.1, 0.15) is 11.9 Å². The van der Waals surface area contributed by atoms with E-state index in [1.54, 1.807) is 36.4 Å². The molecule has 0 aliphatic rings. The highest BCUT2D eigenvalue weighted by Gasteiger charge is 2.19. The molecule has 4 heteroatoms. The van der Waals surface area contributed by atoms with Crippen LogP contribution in [0.5, 0.6) is 0 Å². The van der Waals surface area contributed by atoms with Crippen molar-refractivity contribution in [1.29, 1.82) is 0 Å². The van der Waals surface area contributed by atoms with Crippen LogP contribution in [0.1, 0.15) is 41.2 Å². The first kappa shape index (κ1) is 17.1. The highest BCUT2D eigenvalue weighted by atomic mass is 16.5. The van der Waals surface area contributed by atoms with Gasteiger partial charge in [-0.1, -0.05) is 48.5 Å². The van der Waals surface area contributed by atoms with Crippen molar-refractivity contribution >= 4 is 12.1 Å². The number of aliphatic hydroxyl groups is 1. The minimum Gasteiger partial charge on any atom is -0.386 e. The number of rotatable bonds is 7. The largest absolute Gasteiger partial charge is 0.386 e. The molecule has 0 saturated heterocycles. The van der Waals surface area contributed by atoms with E-state index < -0.39 is 12.0 Å². The van der Waals surface area contributed by atoms with E-state index in [9.17, 15) is 14.7 Å². The fourth-order valence-corrected chi connectivity index (χ4v) is 2.57. The fraction of sp³-hybridized carbons (Fsp3) is 0.263. The molecule has 0 saturated carbocycles.